The molecule has 0 radical (unpaired) electrons. The van der Waals surface area contributed by atoms with Crippen LogP contribution < -0.4 is 0 Å². The molecule has 1 aromatic heterocycles. The molecule has 0 N–H and O–H groups in total. The summed E-state index contributed by atoms with van der Waals surface area (Å²) in [7, 11) is 0. The van der Waals surface area contributed by atoms with Gasteiger partial charge < -0.3 is 0 Å². The Morgan fingerprint density at radius 1 is 0.727 bits per heavy atom. The van der Waals surface area contributed by atoms with Gasteiger partial charge in [-0.2, -0.15) is 5.26 Å². The van der Waals surface area contributed by atoms with Gasteiger partial charge >= 0.3 is 0 Å². The molecule has 5 heteroatoms. The number of hydrogen-bond donors (Lipinski definition) is 0. The third-order valence-corrected chi connectivity index (χ3v) is 5.92. The van der Waals surface area contributed by atoms with Gasteiger partial charge in [0.25, 0.3) is 0 Å². The fraction of sp³-hybridized carbons (Fsp3) is 0.393. The number of unbranched alkanes of at least 4 members (excludes halogenated alkanes) is 8. The van der Waals surface area contributed by atoms with Gasteiger partial charge in [0.1, 0.15) is 23.3 Å². The van der Waals surface area contributed by atoms with Crippen molar-refractivity contribution in [1.29, 1.82) is 5.26 Å². The Balaban J connectivity index is 1.50. The SMILES string of the molecule is CCCCCCCCCCCc1ccc(-c2cnc(-c3cc(F)c(C#N)c(F)c3)nc2)cc1. The van der Waals surface area contributed by atoms with Gasteiger partial charge in [-0.05, 0) is 36.1 Å². The summed E-state index contributed by atoms with van der Waals surface area (Å²) in [6.07, 6.45) is 16.3. The number of rotatable bonds is 12. The van der Waals surface area contributed by atoms with Gasteiger partial charge in [0.2, 0.25) is 0 Å². The van der Waals surface area contributed by atoms with Gasteiger partial charge in [-0.15, -0.1) is 0 Å². The first-order valence-electron chi connectivity index (χ1n) is 11.9. The molecule has 0 atom stereocenters. The van der Waals surface area contributed by atoms with Crippen LogP contribution in [0.25, 0.3) is 22.5 Å². The predicted octanol–water partition coefficient (Wildman–Crippen LogP) is 8.03. The van der Waals surface area contributed by atoms with E-state index < -0.39 is 17.2 Å². The Labute approximate surface area is 195 Å². The Bertz CT molecular complexity index is 1030. The summed E-state index contributed by atoms with van der Waals surface area (Å²) in [4.78, 5) is 8.52. The average molecular weight is 448 g/mol. The maximum atomic E-state index is 13.9. The summed E-state index contributed by atoms with van der Waals surface area (Å²) in [5.41, 5.74) is 2.75. The van der Waals surface area contributed by atoms with Crippen LogP contribution in [0.5, 0.6) is 0 Å². The molecule has 0 aliphatic carbocycles. The number of hydrogen-bond acceptors (Lipinski definition) is 3. The van der Waals surface area contributed by atoms with Crippen molar-refractivity contribution in [1.82, 2.24) is 9.97 Å². The van der Waals surface area contributed by atoms with E-state index in [0.29, 0.717) is 0 Å². The van der Waals surface area contributed by atoms with Crippen molar-refractivity contribution in [2.45, 2.75) is 71.1 Å². The number of nitrogens with zero attached hydrogens (tertiary/aromatic N) is 3. The van der Waals surface area contributed by atoms with E-state index in [2.05, 4.69) is 41.2 Å². The summed E-state index contributed by atoms with van der Waals surface area (Å²) in [6, 6.07) is 12.1. The van der Waals surface area contributed by atoms with Gasteiger partial charge in [-0.3, -0.25) is 0 Å². The number of aryl methyl sites for hydroxylation is 1. The van der Waals surface area contributed by atoms with Crippen LogP contribution >= 0.6 is 0 Å². The molecule has 0 fully saturated rings. The van der Waals surface area contributed by atoms with Crippen LogP contribution in [0.15, 0.2) is 48.8 Å². The van der Waals surface area contributed by atoms with E-state index in [-0.39, 0.29) is 11.4 Å². The minimum Gasteiger partial charge on any atom is -0.236 e. The summed E-state index contributed by atoms with van der Waals surface area (Å²) in [6.45, 7) is 2.25. The maximum Gasteiger partial charge on any atom is 0.159 e. The highest BCUT2D eigenvalue weighted by Gasteiger charge is 2.13. The Hall–Kier alpha value is -3.13. The van der Waals surface area contributed by atoms with E-state index in [9.17, 15) is 8.78 Å². The molecule has 33 heavy (non-hydrogen) atoms. The molecule has 172 valence electrons. The molecule has 3 nitrogen and oxygen atoms in total. The minimum atomic E-state index is -0.914. The van der Waals surface area contributed by atoms with Crippen LogP contribution in [0.3, 0.4) is 0 Å². The smallest absolute Gasteiger partial charge is 0.159 e. The van der Waals surface area contributed by atoms with E-state index in [0.717, 1.165) is 29.7 Å². The highest BCUT2D eigenvalue weighted by atomic mass is 19.1. The molecular formula is C28H31F2N3. The highest BCUT2D eigenvalue weighted by Crippen LogP contribution is 2.24. The van der Waals surface area contributed by atoms with Gasteiger partial charge in [-0.1, -0.05) is 82.6 Å². The van der Waals surface area contributed by atoms with Crippen molar-refractivity contribution >= 4 is 0 Å². The van der Waals surface area contributed by atoms with E-state index >= 15 is 0 Å². The van der Waals surface area contributed by atoms with Crippen LogP contribution in [-0.2, 0) is 6.42 Å². The zero-order valence-electron chi connectivity index (χ0n) is 19.3. The van der Waals surface area contributed by atoms with Gasteiger partial charge in [0, 0.05) is 23.5 Å². The second-order valence-corrected chi connectivity index (χ2v) is 8.50. The average Bonchev–Trinajstić information content (AvgIpc) is 2.83. The zero-order valence-corrected chi connectivity index (χ0v) is 19.3. The fourth-order valence-electron chi connectivity index (χ4n) is 3.94. The lowest BCUT2D eigenvalue weighted by Gasteiger charge is -2.06. The molecule has 3 rings (SSSR count). The maximum absolute atomic E-state index is 13.9. The molecule has 0 spiro atoms. The molecule has 0 aliphatic heterocycles. The molecule has 0 saturated carbocycles. The second kappa shape index (κ2) is 12.8. The van der Waals surface area contributed by atoms with Crippen molar-refractivity contribution in [3.8, 4) is 28.6 Å². The van der Waals surface area contributed by atoms with Crippen LogP contribution in [0.4, 0.5) is 8.78 Å². The normalized spacial score (nSPS) is 10.8. The summed E-state index contributed by atoms with van der Waals surface area (Å²) < 4.78 is 27.7. The Morgan fingerprint density at radius 3 is 1.82 bits per heavy atom. The lowest BCUT2D eigenvalue weighted by Crippen LogP contribution is -1.95. The van der Waals surface area contributed by atoms with Crippen molar-refractivity contribution in [3.63, 3.8) is 0 Å². The molecular weight excluding hydrogens is 416 g/mol. The van der Waals surface area contributed by atoms with Crippen LogP contribution in [0.2, 0.25) is 0 Å². The monoisotopic (exact) mass is 447 g/mol. The lowest BCUT2D eigenvalue weighted by atomic mass is 10.0. The topological polar surface area (TPSA) is 49.6 Å². The molecule has 0 saturated heterocycles. The fourth-order valence-corrected chi connectivity index (χ4v) is 3.94. The van der Waals surface area contributed by atoms with Crippen LogP contribution in [0.1, 0.15) is 75.8 Å². The first-order valence-corrected chi connectivity index (χ1v) is 11.9. The van der Waals surface area contributed by atoms with Crippen molar-refractivity contribution in [2.75, 3.05) is 0 Å². The quantitative estimate of drug-likeness (QED) is 0.264. The molecule has 0 bridgehead atoms. The third-order valence-electron chi connectivity index (χ3n) is 5.92. The standard InChI is InChI=1S/C28H31F2N3/c1-2-3-4-5-6-7-8-9-10-11-21-12-14-22(15-13-21)24-19-32-28(33-20-24)23-16-26(29)25(18-31)27(30)17-23/h12-17,19-20H,2-11H2,1H3. The van der Waals surface area contributed by atoms with E-state index in [1.54, 1.807) is 12.4 Å². The molecule has 3 aromatic rings. The largest absolute Gasteiger partial charge is 0.236 e. The highest BCUT2D eigenvalue weighted by molar-refractivity contribution is 5.64. The van der Waals surface area contributed by atoms with Crippen LogP contribution in [-0.4, -0.2) is 9.97 Å². The Kier molecular flexibility index (Phi) is 9.50. The number of aromatic nitrogens is 2. The third kappa shape index (κ3) is 7.18. The minimum absolute atomic E-state index is 0.201. The summed E-state index contributed by atoms with van der Waals surface area (Å²) >= 11 is 0. The van der Waals surface area contributed by atoms with Gasteiger partial charge in [0.05, 0.1) is 0 Å². The molecule has 1 heterocycles. The van der Waals surface area contributed by atoms with Crippen molar-refractivity contribution in [2.24, 2.45) is 0 Å². The van der Waals surface area contributed by atoms with Crippen molar-refractivity contribution < 1.29 is 8.78 Å². The number of halogens is 2. The number of nitriles is 1. The number of benzene rings is 2. The van der Waals surface area contributed by atoms with E-state index in [4.69, 9.17) is 5.26 Å². The van der Waals surface area contributed by atoms with E-state index in [1.807, 2.05) is 0 Å². The molecule has 0 aliphatic rings. The van der Waals surface area contributed by atoms with Gasteiger partial charge in [0.15, 0.2) is 5.82 Å². The van der Waals surface area contributed by atoms with Crippen molar-refractivity contribution in [3.05, 3.63) is 71.6 Å². The van der Waals surface area contributed by atoms with E-state index in [1.165, 1.54) is 69.4 Å². The molecule has 0 amide bonds. The Morgan fingerprint density at radius 2 is 1.27 bits per heavy atom. The van der Waals surface area contributed by atoms with Crippen LogP contribution in [0, 0.1) is 23.0 Å². The second-order valence-electron chi connectivity index (χ2n) is 8.50. The predicted molar refractivity (Wildman–Crippen MR) is 128 cm³/mol. The summed E-state index contributed by atoms with van der Waals surface area (Å²) in [5, 5.41) is 8.80. The summed E-state index contributed by atoms with van der Waals surface area (Å²) in [5.74, 6) is -1.62. The van der Waals surface area contributed by atoms with Gasteiger partial charge in [-0.25, -0.2) is 18.7 Å². The zero-order chi connectivity index (χ0) is 23.5. The molecule has 0 unspecified atom stereocenters. The first-order chi connectivity index (χ1) is 16.1. The first kappa shape index (κ1) is 24.5. The molecule has 2 aromatic carbocycles. The lowest BCUT2D eigenvalue weighted by molar-refractivity contribution is 0.565.